The van der Waals surface area contributed by atoms with Crippen LogP contribution in [-0.4, -0.2) is 30.7 Å². The fourth-order valence-electron chi connectivity index (χ4n) is 2.91. The van der Waals surface area contributed by atoms with E-state index in [4.69, 9.17) is 4.84 Å². The number of carbonyl (C=O) groups is 1. The fourth-order valence-corrected chi connectivity index (χ4v) is 3.71. The van der Waals surface area contributed by atoms with Gasteiger partial charge in [-0.05, 0) is 36.8 Å². The lowest BCUT2D eigenvalue weighted by Crippen LogP contribution is -2.35. The van der Waals surface area contributed by atoms with Gasteiger partial charge in [0.2, 0.25) is 5.91 Å². The molecule has 5 heteroatoms. The van der Waals surface area contributed by atoms with Crippen LogP contribution < -0.4 is 5.32 Å². The topological polar surface area (TPSA) is 41.6 Å². The highest BCUT2D eigenvalue weighted by Crippen LogP contribution is 2.26. The zero-order valence-electron chi connectivity index (χ0n) is 14.0. The highest BCUT2D eigenvalue weighted by atomic mass is 32.1. The van der Waals surface area contributed by atoms with Crippen molar-refractivity contribution >= 4 is 17.2 Å². The van der Waals surface area contributed by atoms with E-state index in [9.17, 15) is 4.79 Å². The summed E-state index contributed by atoms with van der Waals surface area (Å²) < 4.78 is 0. The van der Waals surface area contributed by atoms with Crippen molar-refractivity contribution in [1.29, 1.82) is 0 Å². The second-order valence-electron chi connectivity index (χ2n) is 6.15. The number of amides is 1. The van der Waals surface area contributed by atoms with E-state index < -0.39 is 0 Å². The first-order valence-corrected chi connectivity index (χ1v) is 9.37. The quantitative estimate of drug-likeness (QED) is 0.869. The molecule has 0 radical (unpaired) electrons. The first kappa shape index (κ1) is 17.1. The van der Waals surface area contributed by atoms with Crippen molar-refractivity contribution in [1.82, 2.24) is 10.4 Å². The summed E-state index contributed by atoms with van der Waals surface area (Å²) in [4.78, 5) is 19.2. The molecular formula is C19H24N2O2S. The zero-order valence-corrected chi connectivity index (χ0v) is 14.8. The maximum absolute atomic E-state index is 12.5. The minimum atomic E-state index is -0.0836. The molecular weight excluding hydrogens is 320 g/mol. The summed E-state index contributed by atoms with van der Waals surface area (Å²) in [5.41, 5.74) is 2.32. The van der Waals surface area contributed by atoms with Crippen LogP contribution in [0, 0.1) is 6.92 Å². The van der Waals surface area contributed by atoms with Crippen LogP contribution in [-0.2, 0) is 9.63 Å². The number of rotatable bonds is 6. The molecule has 1 aromatic heterocycles. The number of thiophene rings is 1. The minimum Gasteiger partial charge on any atom is -0.344 e. The molecule has 0 aliphatic carbocycles. The van der Waals surface area contributed by atoms with Gasteiger partial charge in [-0.15, -0.1) is 11.3 Å². The smallest absolute Gasteiger partial charge is 0.222 e. The average molecular weight is 344 g/mol. The number of hydroxylamine groups is 2. The highest BCUT2D eigenvalue weighted by molar-refractivity contribution is 7.10. The third-order valence-electron chi connectivity index (χ3n) is 4.17. The number of aryl methyl sites for hydroxylation is 1. The van der Waals surface area contributed by atoms with Crippen LogP contribution in [0.4, 0.5) is 0 Å². The summed E-state index contributed by atoms with van der Waals surface area (Å²) in [5, 5.41) is 7.15. The van der Waals surface area contributed by atoms with Gasteiger partial charge in [0.1, 0.15) is 0 Å². The van der Waals surface area contributed by atoms with Crippen LogP contribution in [0.3, 0.4) is 0 Å². The van der Waals surface area contributed by atoms with Crippen molar-refractivity contribution in [2.75, 3.05) is 19.7 Å². The Morgan fingerprint density at radius 1 is 1.33 bits per heavy atom. The van der Waals surface area contributed by atoms with Crippen LogP contribution in [0.5, 0.6) is 0 Å². The fraction of sp³-hybridized carbons (Fsp3) is 0.421. The van der Waals surface area contributed by atoms with Gasteiger partial charge in [0.05, 0.1) is 12.6 Å². The molecule has 4 nitrogen and oxygen atoms in total. The summed E-state index contributed by atoms with van der Waals surface area (Å²) in [6, 6.07) is 12.3. The van der Waals surface area contributed by atoms with E-state index in [-0.39, 0.29) is 11.9 Å². The van der Waals surface area contributed by atoms with Gasteiger partial charge in [-0.25, -0.2) is 0 Å². The third kappa shape index (κ3) is 4.66. The lowest BCUT2D eigenvalue weighted by atomic mass is 10.0. The van der Waals surface area contributed by atoms with Gasteiger partial charge >= 0.3 is 0 Å². The molecule has 0 bridgehead atoms. The Kier molecular flexibility index (Phi) is 6.01. The second kappa shape index (κ2) is 8.42. The summed E-state index contributed by atoms with van der Waals surface area (Å²) >= 11 is 1.67. The maximum Gasteiger partial charge on any atom is 0.222 e. The summed E-state index contributed by atoms with van der Waals surface area (Å²) in [6.45, 7) is 4.41. The molecule has 0 spiro atoms. The number of hydrogen-bond acceptors (Lipinski definition) is 4. The van der Waals surface area contributed by atoms with Crippen molar-refractivity contribution in [2.24, 2.45) is 0 Å². The molecule has 24 heavy (non-hydrogen) atoms. The molecule has 1 saturated heterocycles. The molecule has 0 unspecified atom stereocenters. The standard InChI is InChI=1S/C19H24N2O2S/c1-15-6-4-7-16(14-15)19(17-8-5-13-24-17)20-18(22)9-11-21-10-2-3-12-23-21/h4-8,13-14,19H,2-3,9-12H2,1H3,(H,20,22)/t19-/m1/s1. The van der Waals surface area contributed by atoms with E-state index in [1.54, 1.807) is 11.3 Å². The number of hydrogen-bond donors (Lipinski definition) is 1. The van der Waals surface area contributed by atoms with E-state index in [2.05, 4.69) is 36.5 Å². The minimum absolute atomic E-state index is 0.0593. The molecule has 3 rings (SSSR count). The molecule has 2 aromatic rings. The van der Waals surface area contributed by atoms with Gasteiger partial charge in [0, 0.05) is 24.4 Å². The van der Waals surface area contributed by atoms with Gasteiger partial charge in [0.15, 0.2) is 0 Å². The van der Waals surface area contributed by atoms with Crippen molar-refractivity contribution in [3.8, 4) is 0 Å². The third-order valence-corrected chi connectivity index (χ3v) is 5.11. The van der Waals surface area contributed by atoms with E-state index in [0.29, 0.717) is 13.0 Å². The molecule has 1 aliphatic rings. The molecule has 1 aliphatic heterocycles. The Morgan fingerprint density at radius 3 is 2.96 bits per heavy atom. The Hall–Kier alpha value is -1.69. The molecule has 1 amide bonds. The Balaban J connectivity index is 1.64. The largest absolute Gasteiger partial charge is 0.344 e. The zero-order chi connectivity index (χ0) is 16.8. The number of carbonyl (C=O) groups excluding carboxylic acids is 1. The Labute approximate surface area is 147 Å². The van der Waals surface area contributed by atoms with Crippen LogP contribution >= 0.6 is 11.3 Å². The molecule has 1 aromatic carbocycles. The molecule has 0 saturated carbocycles. The number of nitrogens with zero attached hydrogens (tertiary/aromatic N) is 1. The first-order valence-electron chi connectivity index (χ1n) is 8.49. The summed E-state index contributed by atoms with van der Waals surface area (Å²) in [5.74, 6) is 0.0593. The summed E-state index contributed by atoms with van der Waals surface area (Å²) in [6.07, 6.45) is 2.70. The normalized spacial score (nSPS) is 16.7. The van der Waals surface area contributed by atoms with E-state index in [1.165, 1.54) is 5.56 Å². The molecule has 128 valence electrons. The van der Waals surface area contributed by atoms with E-state index in [0.717, 1.165) is 36.4 Å². The van der Waals surface area contributed by atoms with E-state index >= 15 is 0 Å². The lowest BCUT2D eigenvalue weighted by Gasteiger charge is -2.26. The monoisotopic (exact) mass is 344 g/mol. The van der Waals surface area contributed by atoms with E-state index in [1.807, 2.05) is 22.6 Å². The lowest BCUT2D eigenvalue weighted by molar-refractivity contribution is -0.181. The van der Waals surface area contributed by atoms with Crippen molar-refractivity contribution in [3.63, 3.8) is 0 Å². The van der Waals surface area contributed by atoms with Crippen LogP contribution in [0.15, 0.2) is 41.8 Å². The number of nitrogens with one attached hydrogen (secondary N) is 1. The Bertz CT molecular complexity index is 651. The SMILES string of the molecule is Cc1cccc([C@@H](NC(=O)CCN2CCCCO2)c2cccs2)c1. The van der Waals surface area contributed by atoms with Crippen LogP contribution in [0.25, 0.3) is 0 Å². The van der Waals surface area contributed by atoms with Gasteiger partial charge in [0.25, 0.3) is 0 Å². The first-order chi connectivity index (χ1) is 11.7. The van der Waals surface area contributed by atoms with Crippen LogP contribution in [0.2, 0.25) is 0 Å². The van der Waals surface area contributed by atoms with Gasteiger partial charge in [-0.2, -0.15) is 5.06 Å². The van der Waals surface area contributed by atoms with Crippen molar-refractivity contribution in [2.45, 2.75) is 32.2 Å². The van der Waals surface area contributed by atoms with Gasteiger partial charge in [-0.3, -0.25) is 9.63 Å². The average Bonchev–Trinajstić information content (AvgIpc) is 3.13. The molecule has 1 N–H and O–H groups in total. The van der Waals surface area contributed by atoms with Crippen molar-refractivity contribution in [3.05, 3.63) is 57.8 Å². The predicted octanol–water partition coefficient (Wildman–Crippen LogP) is 3.68. The second-order valence-corrected chi connectivity index (χ2v) is 7.13. The number of benzene rings is 1. The van der Waals surface area contributed by atoms with Crippen molar-refractivity contribution < 1.29 is 9.63 Å². The highest BCUT2D eigenvalue weighted by Gasteiger charge is 2.19. The van der Waals surface area contributed by atoms with Gasteiger partial charge < -0.3 is 5.32 Å². The maximum atomic E-state index is 12.5. The molecule has 2 heterocycles. The predicted molar refractivity (Wildman–Crippen MR) is 96.9 cm³/mol. The Morgan fingerprint density at radius 2 is 2.25 bits per heavy atom. The van der Waals surface area contributed by atoms with Gasteiger partial charge in [-0.1, -0.05) is 35.9 Å². The molecule has 1 fully saturated rings. The summed E-state index contributed by atoms with van der Waals surface area (Å²) in [7, 11) is 0. The van der Waals surface area contributed by atoms with Crippen LogP contribution in [0.1, 0.15) is 41.3 Å². The molecule has 1 atom stereocenters.